The number of rotatable bonds is 5. The quantitative estimate of drug-likeness (QED) is 0.623. The van der Waals surface area contributed by atoms with Crippen LogP contribution in [0.15, 0.2) is 84.9 Å². The van der Waals surface area contributed by atoms with Crippen LogP contribution in [0, 0.1) is 6.92 Å². The summed E-state index contributed by atoms with van der Waals surface area (Å²) in [6.07, 6.45) is 2.73. The van der Waals surface area contributed by atoms with Crippen LogP contribution in [0.2, 0.25) is 0 Å². The number of benzene rings is 3. The van der Waals surface area contributed by atoms with E-state index in [1.807, 2.05) is 54.6 Å². The third-order valence-corrected chi connectivity index (χ3v) is 3.94. The first-order valence-electron chi connectivity index (χ1n) is 8.07. The Bertz CT molecular complexity index is 883. The van der Waals surface area contributed by atoms with Crippen LogP contribution in [0.4, 0.5) is 17.1 Å². The van der Waals surface area contributed by atoms with Gasteiger partial charge < -0.3 is 10.0 Å². The Labute approximate surface area is 147 Å². The SMILES string of the molecule is Cc1ccccc1N(c1ccccc1)c1ccc(/C=C/C(=O)O)cc1. The molecule has 0 aliphatic carbocycles. The third kappa shape index (κ3) is 3.96. The van der Waals surface area contributed by atoms with Crippen LogP contribution >= 0.6 is 0 Å². The molecule has 0 saturated heterocycles. The highest BCUT2D eigenvalue weighted by Crippen LogP contribution is 2.36. The number of hydrogen-bond donors (Lipinski definition) is 1. The van der Waals surface area contributed by atoms with Gasteiger partial charge in [0.25, 0.3) is 0 Å². The molecule has 0 heterocycles. The molecule has 0 saturated carbocycles. The normalized spacial score (nSPS) is 10.8. The molecular weight excluding hydrogens is 310 g/mol. The molecule has 124 valence electrons. The number of carboxylic acids is 1. The van der Waals surface area contributed by atoms with Crippen molar-refractivity contribution in [2.24, 2.45) is 0 Å². The summed E-state index contributed by atoms with van der Waals surface area (Å²) in [5.41, 5.74) is 5.24. The van der Waals surface area contributed by atoms with Gasteiger partial charge in [0.05, 0.1) is 0 Å². The van der Waals surface area contributed by atoms with Gasteiger partial charge >= 0.3 is 5.97 Å². The average Bonchev–Trinajstić information content (AvgIpc) is 2.64. The highest BCUT2D eigenvalue weighted by atomic mass is 16.4. The maximum atomic E-state index is 10.7. The van der Waals surface area contributed by atoms with Gasteiger partial charge in [-0.1, -0.05) is 48.5 Å². The number of carboxylic acid groups (broad SMARTS) is 1. The number of para-hydroxylation sites is 2. The van der Waals surface area contributed by atoms with Gasteiger partial charge in [0.15, 0.2) is 0 Å². The van der Waals surface area contributed by atoms with E-state index in [9.17, 15) is 4.79 Å². The van der Waals surface area contributed by atoms with Gasteiger partial charge in [-0.2, -0.15) is 0 Å². The highest BCUT2D eigenvalue weighted by Gasteiger charge is 2.13. The van der Waals surface area contributed by atoms with Crippen molar-refractivity contribution in [1.82, 2.24) is 0 Å². The van der Waals surface area contributed by atoms with E-state index >= 15 is 0 Å². The lowest BCUT2D eigenvalue weighted by Gasteiger charge is -2.27. The Morgan fingerprint density at radius 1 is 0.840 bits per heavy atom. The van der Waals surface area contributed by atoms with Gasteiger partial charge in [-0.25, -0.2) is 4.79 Å². The zero-order valence-electron chi connectivity index (χ0n) is 14.0. The Kier molecular flexibility index (Phi) is 4.95. The molecule has 0 spiro atoms. The summed E-state index contributed by atoms with van der Waals surface area (Å²) in [5.74, 6) is -0.949. The zero-order chi connectivity index (χ0) is 17.6. The Balaban J connectivity index is 2.04. The zero-order valence-corrected chi connectivity index (χ0v) is 14.0. The summed E-state index contributed by atoms with van der Waals surface area (Å²) in [6.45, 7) is 2.09. The number of nitrogens with zero attached hydrogens (tertiary/aromatic N) is 1. The van der Waals surface area contributed by atoms with Crippen molar-refractivity contribution in [2.45, 2.75) is 6.92 Å². The summed E-state index contributed by atoms with van der Waals surface area (Å²) in [7, 11) is 0. The Hall–Kier alpha value is -3.33. The lowest BCUT2D eigenvalue weighted by molar-refractivity contribution is -0.131. The van der Waals surface area contributed by atoms with Crippen molar-refractivity contribution >= 4 is 29.1 Å². The molecule has 0 aliphatic rings. The van der Waals surface area contributed by atoms with Crippen molar-refractivity contribution in [3.05, 3.63) is 96.1 Å². The fourth-order valence-corrected chi connectivity index (χ4v) is 2.72. The summed E-state index contributed by atoms with van der Waals surface area (Å²) in [4.78, 5) is 12.9. The molecule has 3 heteroatoms. The average molecular weight is 329 g/mol. The van der Waals surface area contributed by atoms with E-state index in [1.165, 1.54) is 5.56 Å². The second kappa shape index (κ2) is 7.49. The highest BCUT2D eigenvalue weighted by molar-refractivity contribution is 5.85. The topological polar surface area (TPSA) is 40.5 Å². The number of hydrogen-bond acceptors (Lipinski definition) is 2. The van der Waals surface area contributed by atoms with Crippen LogP contribution in [0.5, 0.6) is 0 Å². The number of anilines is 3. The summed E-state index contributed by atoms with van der Waals surface area (Å²) >= 11 is 0. The number of aryl methyl sites for hydroxylation is 1. The van der Waals surface area contributed by atoms with Crippen LogP contribution in [0.25, 0.3) is 6.08 Å². The Morgan fingerprint density at radius 2 is 1.44 bits per heavy atom. The smallest absolute Gasteiger partial charge is 0.328 e. The summed E-state index contributed by atoms with van der Waals surface area (Å²) < 4.78 is 0. The van der Waals surface area contributed by atoms with Gasteiger partial charge in [-0.3, -0.25) is 0 Å². The van der Waals surface area contributed by atoms with E-state index in [2.05, 4.69) is 36.1 Å². The second-order valence-corrected chi connectivity index (χ2v) is 5.72. The number of aliphatic carboxylic acids is 1. The second-order valence-electron chi connectivity index (χ2n) is 5.72. The maximum absolute atomic E-state index is 10.7. The molecule has 0 amide bonds. The first-order chi connectivity index (χ1) is 12.1. The summed E-state index contributed by atoms with van der Waals surface area (Å²) in [6, 6.07) is 26.3. The molecule has 0 radical (unpaired) electrons. The summed E-state index contributed by atoms with van der Waals surface area (Å²) in [5, 5.41) is 8.75. The van der Waals surface area contributed by atoms with Gasteiger partial charge in [0.1, 0.15) is 0 Å². The van der Waals surface area contributed by atoms with Crippen molar-refractivity contribution in [3.63, 3.8) is 0 Å². The molecule has 0 bridgehead atoms. The molecule has 0 fully saturated rings. The maximum Gasteiger partial charge on any atom is 0.328 e. The van der Waals surface area contributed by atoms with Crippen molar-refractivity contribution in [1.29, 1.82) is 0 Å². The van der Waals surface area contributed by atoms with E-state index in [-0.39, 0.29) is 0 Å². The lowest BCUT2D eigenvalue weighted by atomic mass is 10.1. The molecule has 3 nitrogen and oxygen atoms in total. The van der Waals surface area contributed by atoms with Crippen LogP contribution in [0.3, 0.4) is 0 Å². The predicted octanol–water partition coefficient (Wildman–Crippen LogP) is 5.56. The minimum atomic E-state index is -0.949. The third-order valence-electron chi connectivity index (χ3n) is 3.94. The molecule has 1 N–H and O–H groups in total. The van der Waals surface area contributed by atoms with Crippen molar-refractivity contribution in [2.75, 3.05) is 4.90 Å². The molecule has 0 aliphatic heterocycles. The molecule has 3 aromatic rings. The lowest BCUT2D eigenvalue weighted by Crippen LogP contribution is -2.11. The van der Waals surface area contributed by atoms with E-state index in [4.69, 9.17) is 5.11 Å². The fourth-order valence-electron chi connectivity index (χ4n) is 2.72. The largest absolute Gasteiger partial charge is 0.478 e. The van der Waals surface area contributed by atoms with Crippen LogP contribution < -0.4 is 4.90 Å². The first kappa shape index (κ1) is 16.5. The first-order valence-corrected chi connectivity index (χ1v) is 8.07. The van der Waals surface area contributed by atoms with Gasteiger partial charge in [-0.15, -0.1) is 0 Å². The van der Waals surface area contributed by atoms with Crippen LogP contribution in [0.1, 0.15) is 11.1 Å². The van der Waals surface area contributed by atoms with Gasteiger partial charge in [0.2, 0.25) is 0 Å². The van der Waals surface area contributed by atoms with E-state index in [0.717, 1.165) is 28.7 Å². The molecule has 25 heavy (non-hydrogen) atoms. The minimum absolute atomic E-state index is 0.851. The minimum Gasteiger partial charge on any atom is -0.478 e. The molecule has 3 aromatic carbocycles. The molecule has 0 aromatic heterocycles. The van der Waals surface area contributed by atoms with Gasteiger partial charge in [-0.05, 0) is 54.5 Å². The van der Waals surface area contributed by atoms with Crippen molar-refractivity contribution in [3.8, 4) is 0 Å². The molecule has 0 atom stereocenters. The monoisotopic (exact) mass is 329 g/mol. The molecule has 3 rings (SSSR count). The number of carbonyl (C=O) groups is 1. The predicted molar refractivity (Wildman–Crippen MR) is 103 cm³/mol. The Morgan fingerprint density at radius 3 is 2.08 bits per heavy atom. The van der Waals surface area contributed by atoms with Crippen LogP contribution in [-0.4, -0.2) is 11.1 Å². The standard InChI is InChI=1S/C22H19NO2/c1-17-7-5-6-10-21(17)23(19-8-3-2-4-9-19)20-14-11-18(12-15-20)13-16-22(24)25/h2-16H,1H3,(H,24,25)/b16-13+. The van der Waals surface area contributed by atoms with Crippen LogP contribution in [-0.2, 0) is 4.79 Å². The van der Waals surface area contributed by atoms with E-state index < -0.39 is 5.97 Å². The van der Waals surface area contributed by atoms with E-state index in [0.29, 0.717) is 0 Å². The molecule has 0 unspecified atom stereocenters. The molecular formula is C22H19NO2. The fraction of sp³-hybridized carbons (Fsp3) is 0.0455. The van der Waals surface area contributed by atoms with Crippen molar-refractivity contribution < 1.29 is 9.90 Å². The van der Waals surface area contributed by atoms with Gasteiger partial charge in [0, 0.05) is 23.1 Å². The van der Waals surface area contributed by atoms with E-state index in [1.54, 1.807) is 6.08 Å².